The van der Waals surface area contributed by atoms with Crippen molar-refractivity contribution in [3.63, 3.8) is 0 Å². The Morgan fingerprint density at radius 3 is 3.23 bits per heavy atom. The first-order valence-corrected chi connectivity index (χ1v) is 4.56. The number of nitrogens with two attached hydrogens (primary N) is 1. The molecule has 0 aromatic carbocycles. The second-order valence-corrected chi connectivity index (χ2v) is 3.56. The van der Waals surface area contributed by atoms with Crippen LogP contribution in [-0.4, -0.2) is 11.7 Å². The fourth-order valence-electron chi connectivity index (χ4n) is 2.01. The van der Waals surface area contributed by atoms with E-state index in [0.717, 1.165) is 25.0 Å². The number of amides is 2. The third-order valence-corrected chi connectivity index (χ3v) is 2.73. The first-order chi connectivity index (χ1) is 6.27. The van der Waals surface area contributed by atoms with Crippen LogP contribution in [0.1, 0.15) is 19.3 Å². The van der Waals surface area contributed by atoms with Gasteiger partial charge in [-0.05, 0) is 25.2 Å². The fraction of sp³-hybridized carbons (Fsp3) is 0.556. The van der Waals surface area contributed by atoms with Crippen LogP contribution in [0, 0.1) is 11.8 Å². The molecule has 0 aromatic heterocycles. The Balaban J connectivity index is 1.95. The molecule has 1 saturated carbocycles. The van der Waals surface area contributed by atoms with Gasteiger partial charge in [0.15, 0.2) is 0 Å². The van der Waals surface area contributed by atoms with Crippen molar-refractivity contribution in [2.24, 2.45) is 22.7 Å². The van der Waals surface area contributed by atoms with E-state index >= 15 is 0 Å². The van der Waals surface area contributed by atoms with E-state index in [-0.39, 0.29) is 0 Å². The molecule has 4 nitrogen and oxygen atoms in total. The van der Waals surface area contributed by atoms with Crippen LogP contribution in [0.25, 0.3) is 0 Å². The molecule has 4 heteroatoms. The predicted molar refractivity (Wildman–Crippen MR) is 50.1 cm³/mol. The number of nitrogens with one attached hydrogen (secondary N) is 1. The molecule has 0 aromatic rings. The standard InChI is InChI=1S/C9H13N3O/c10-9(13)12-11-8-5-6-3-1-2-4-7(6)8/h1,3,6-7H,2,4-5H2,(H3,10,12,13)/b11-8-. The molecule has 0 saturated heterocycles. The van der Waals surface area contributed by atoms with Crippen LogP contribution in [0.2, 0.25) is 0 Å². The number of fused-ring (bicyclic) bond motifs is 1. The number of nitrogens with zero attached hydrogens (tertiary/aromatic N) is 1. The van der Waals surface area contributed by atoms with E-state index in [9.17, 15) is 4.79 Å². The second-order valence-electron chi connectivity index (χ2n) is 3.56. The third-order valence-electron chi connectivity index (χ3n) is 2.73. The Kier molecular flexibility index (Phi) is 2.04. The summed E-state index contributed by atoms with van der Waals surface area (Å²) in [4.78, 5) is 10.4. The number of allylic oxidation sites excluding steroid dienone is 2. The van der Waals surface area contributed by atoms with Crippen molar-refractivity contribution in [2.45, 2.75) is 19.3 Å². The molecule has 0 spiro atoms. The first kappa shape index (κ1) is 8.29. The lowest BCUT2D eigenvalue weighted by atomic mass is 9.67. The van der Waals surface area contributed by atoms with Crippen LogP contribution in [-0.2, 0) is 0 Å². The smallest absolute Gasteiger partial charge is 0.332 e. The SMILES string of the molecule is NC(=O)N/N=C1/CC2C=CCCC12. The molecule has 2 aliphatic carbocycles. The maximum atomic E-state index is 10.4. The number of hydrogen-bond acceptors (Lipinski definition) is 2. The van der Waals surface area contributed by atoms with Crippen LogP contribution in [0.15, 0.2) is 17.3 Å². The Labute approximate surface area is 76.9 Å². The van der Waals surface area contributed by atoms with E-state index in [1.807, 2.05) is 0 Å². The summed E-state index contributed by atoms with van der Waals surface area (Å²) in [5, 5.41) is 3.97. The molecule has 1 fully saturated rings. The fourth-order valence-corrected chi connectivity index (χ4v) is 2.01. The van der Waals surface area contributed by atoms with E-state index in [1.54, 1.807) is 0 Å². The second kappa shape index (κ2) is 3.20. The third kappa shape index (κ3) is 1.56. The summed E-state index contributed by atoms with van der Waals surface area (Å²) in [7, 11) is 0. The molecular formula is C9H13N3O. The van der Waals surface area contributed by atoms with Gasteiger partial charge < -0.3 is 5.73 Å². The van der Waals surface area contributed by atoms with Gasteiger partial charge in [-0.1, -0.05) is 12.2 Å². The van der Waals surface area contributed by atoms with E-state index < -0.39 is 6.03 Å². The molecule has 2 atom stereocenters. The van der Waals surface area contributed by atoms with Gasteiger partial charge in [-0.3, -0.25) is 0 Å². The Bertz CT molecular complexity index is 283. The van der Waals surface area contributed by atoms with Gasteiger partial charge in [0, 0.05) is 11.6 Å². The monoisotopic (exact) mass is 179 g/mol. The average Bonchev–Trinajstić information content (AvgIpc) is 2.06. The molecule has 2 rings (SSSR count). The average molecular weight is 179 g/mol. The zero-order valence-corrected chi connectivity index (χ0v) is 7.36. The number of hydrazone groups is 1. The van der Waals surface area contributed by atoms with Crippen LogP contribution in [0.5, 0.6) is 0 Å². The van der Waals surface area contributed by atoms with E-state index in [2.05, 4.69) is 22.7 Å². The van der Waals surface area contributed by atoms with Crippen molar-refractivity contribution in [2.75, 3.05) is 0 Å². The summed E-state index contributed by atoms with van der Waals surface area (Å²) in [6.45, 7) is 0. The van der Waals surface area contributed by atoms with Gasteiger partial charge in [0.1, 0.15) is 0 Å². The minimum Gasteiger partial charge on any atom is -0.350 e. The van der Waals surface area contributed by atoms with Gasteiger partial charge in [-0.15, -0.1) is 0 Å². The van der Waals surface area contributed by atoms with Crippen molar-refractivity contribution in [3.05, 3.63) is 12.2 Å². The summed E-state index contributed by atoms with van der Waals surface area (Å²) in [5.74, 6) is 1.21. The summed E-state index contributed by atoms with van der Waals surface area (Å²) in [5.41, 5.74) is 8.29. The summed E-state index contributed by atoms with van der Waals surface area (Å²) >= 11 is 0. The highest BCUT2D eigenvalue weighted by Gasteiger charge is 2.36. The van der Waals surface area contributed by atoms with Gasteiger partial charge in [0.25, 0.3) is 0 Å². The topological polar surface area (TPSA) is 67.5 Å². The Morgan fingerprint density at radius 2 is 2.54 bits per heavy atom. The Hall–Kier alpha value is -1.32. The van der Waals surface area contributed by atoms with Crippen molar-refractivity contribution in [1.82, 2.24) is 5.43 Å². The lowest BCUT2D eigenvalue weighted by Crippen LogP contribution is -2.39. The highest BCUT2D eigenvalue weighted by atomic mass is 16.2. The number of carbonyl (C=O) groups is 1. The van der Waals surface area contributed by atoms with Crippen LogP contribution in [0.4, 0.5) is 4.79 Å². The molecule has 3 N–H and O–H groups in total. The molecule has 2 aliphatic rings. The summed E-state index contributed by atoms with van der Waals surface area (Å²) < 4.78 is 0. The molecule has 0 bridgehead atoms. The molecule has 13 heavy (non-hydrogen) atoms. The van der Waals surface area contributed by atoms with Gasteiger partial charge in [-0.25, -0.2) is 10.2 Å². The number of hydrogen-bond donors (Lipinski definition) is 2. The van der Waals surface area contributed by atoms with Gasteiger partial charge >= 0.3 is 6.03 Å². The predicted octanol–water partition coefficient (Wildman–Crippen LogP) is 0.997. The number of urea groups is 1. The molecule has 70 valence electrons. The van der Waals surface area contributed by atoms with E-state index in [1.165, 1.54) is 0 Å². The van der Waals surface area contributed by atoms with Gasteiger partial charge in [0.2, 0.25) is 0 Å². The van der Waals surface area contributed by atoms with Crippen LogP contribution < -0.4 is 11.2 Å². The van der Waals surface area contributed by atoms with Gasteiger partial charge in [0.05, 0.1) is 0 Å². The number of rotatable bonds is 1. The quantitative estimate of drug-likeness (QED) is 0.457. The Morgan fingerprint density at radius 1 is 1.69 bits per heavy atom. The molecule has 0 radical (unpaired) electrons. The number of primary amides is 1. The maximum absolute atomic E-state index is 10.4. The maximum Gasteiger partial charge on any atom is 0.332 e. The molecule has 0 aliphatic heterocycles. The lowest BCUT2D eigenvalue weighted by molar-refractivity contribution is 0.249. The minimum absolute atomic E-state index is 0.553. The molecule has 0 heterocycles. The molecule has 2 unspecified atom stereocenters. The highest BCUT2D eigenvalue weighted by molar-refractivity contribution is 5.94. The highest BCUT2D eigenvalue weighted by Crippen LogP contribution is 2.39. The molecule has 2 amide bonds. The van der Waals surface area contributed by atoms with Crippen LogP contribution >= 0.6 is 0 Å². The number of carbonyl (C=O) groups excluding carboxylic acids is 1. The summed E-state index contributed by atoms with van der Waals surface area (Å²) in [6, 6.07) is -0.581. The zero-order chi connectivity index (χ0) is 9.26. The van der Waals surface area contributed by atoms with Crippen LogP contribution in [0.3, 0.4) is 0 Å². The lowest BCUT2D eigenvalue weighted by Gasteiger charge is -2.38. The van der Waals surface area contributed by atoms with Crippen molar-refractivity contribution >= 4 is 11.7 Å². The zero-order valence-electron chi connectivity index (χ0n) is 7.36. The van der Waals surface area contributed by atoms with Crippen molar-refractivity contribution in [3.8, 4) is 0 Å². The van der Waals surface area contributed by atoms with Crippen molar-refractivity contribution in [1.29, 1.82) is 0 Å². The molecular weight excluding hydrogens is 166 g/mol. The minimum atomic E-state index is -0.581. The van der Waals surface area contributed by atoms with Gasteiger partial charge in [-0.2, -0.15) is 5.10 Å². The first-order valence-electron chi connectivity index (χ1n) is 4.56. The van der Waals surface area contributed by atoms with E-state index in [4.69, 9.17) is 5.73 Å². The largest absolute Gasteiger partial charge is 0.350 e. The van der Waals surface area contributed by atoms with E-state index in [0.29, 0.717) is 11.8 Å². The normalized spacial score (nSPS) is 33.7. The van der Waals surface area contributed by atoms with Crippen molar-refractivity contribution < 1.29 is 4.79 Å². The summed E-state index contributed by atoms with van der Waals surface area (Å²) in [6.07, 6.45) is 7.72.